The van der Waals surface area contributed by atoms with Gasteiger partial charge in [0.1, 0.15) is 5.82 Å². The molecule has 3 aromatic heterocycles. The van der Waals surface area contributed by atoms with E-state index in [0.717, 1.165) is 5.56 Å². The maximum Gasteiger partial charge on any atom is 0.252 e. The molecule has 0 bridgehead atoms. The van der Waals surface area contributed by atoms with Crippen molar-refractivity contribution in [3.05, 3.63) is 59.3 Å². The fourth-order valence-electron chi connectivity index (χ4n) is 2.52. The molecule has 0 saturated carbocycles. The highest BCUT2D eigenvalue weighted by molar-refractivity contribution is 5.81. The maximum atomic E-state index is 5.46. The zero-order valence-electron chi connectivity index (χ0n) is 13.9. The predicted octanol–water partition coefficient (Wildman–Crippen LogP) is 2.82. The van der Waals surface area contributed by atoms with Crippen LogP contribution in [0.3, 0.4) is 0 Å². The predicted molar refractivity (Wildman–Crippen MR) is 89.9 cm³/mol. The molecule has 4 rings (SSSR count). The second-order valence-electron chi connectivity index (χ2n) is 5.63. The molecule has 0 atom stereocenters. The van der Waals surface area contributed by atoms with Crippen molar-refractivity contribution >= 4 is 17.0 Å². The van der Waals surface area contributed by atoms with Crippen LogP contribution in [0.5, 0.6) is 0 Å². The largest absolute Gasteiger partial charge is 0.422 e. The first-order valence-corrected chi connectivity index (χ1v) is 7.88. The van der Waals surface area contributed by atoms with Gasteiger partial charge >= 0.3 is 0 Å². The Bertz CT molecular complexity index is 1010. The summed E-state index contributed by atoms with van der Waals surface area (Å²) in [6.07, 6.45) is 0.604. The molecule has 0 fully saturated rings. The summed E-state index contributed by atoms with van der Waals surface area (Å²) >= 11 is 0. The lowest BCUT2D eigenvalue weighted by Crippen LogP contribution is -2.05. The second kappa shape index (κ2) is 6.31. The molecule has 8 heteroatoms. The Labute approximate surface area is 143 Å². The molecule has 0 radical (unpaired) electrons. The van der Waals surface area contributed by atoms with Gasteiger partial charge in [-0.3, -0.25) is 0 Å². The lowest BCUT2D eigenvalue weighted by molar-refractivity contribution is 0.380. The van der Waals surface area contributed by atoms with E-state index in [1.807, 2.05) is 30.3 Å². The number of nitrogens with one attached hydrogen (secondary N) is 1. The van der Waals surface area contributed by atoms with Gasteiger partial charge in [-0.25, -0.2) is 9.97 Å². The number of benzene rings is 1. The molecule has 0 aliphatic rings. The average Bonchev–Trinajstić information content (AvgIpc) is 3.19. The molecular weight excluding hydrogens is 320 g/mol. The van der Waals surface area contributed by atoms with E-state index < -0.39 is 0 Å². The van der Waals surface area contributed by atoms with E-state index in [9.17, 15) is 0 Å². The SMILES string of the molecule is Cc1nc(NCc2noc(Cc3ccccc3)n2)c2nc(C)oc2n1. The van der Waals surface area contributed by atoms with E-state index in [1.165, 1.54) is 0 Å². The molecule has 1 aromatic carbocycles. The topological polar surface area (TPSA) is 103 Å². The van der Waals surface area contributed by atoms with Crippen LogP contribution in [0.15, 0.2) is 39.3 Å². The molecule has 25 heavy (non-hydrogen) atoms. The second-order valence-corrected chi connectivity index (χ2v) is 5.63. The number of hydrogen-bond acceptors (Lipinski definition) is 8. The summed E-state index contributed by atoms with van der Waals surface area (Å²) in [5.41, 5.74) is 2.18. The Morgan fingerprint density at radius 2 is 1.84 bits per heavy atom. The minimum atomic E-state index is 0.371. The Balaban J connectivity index is 1.49. The Kier molecular flexibility index (Phi) is 3.85. The van der Waals surface area contributed by atoms with Gasteiger partial charge in [0.05, 0.1) is 13.0 Å². The Morgan fingerprint density at radius 3 is 2.68 bits per heavy atom. The first-order chi connectivity index (χ1) is 12.2. The van der Waals surface area contributed by atoms with Crippen molar-refractivity contribution in [2.75, 3.05) is 5.32 Å². The van der Waals surface area contributed by atoms with Crippen LogP contribution in [0, 0.1) is 13.8 Å². The summed E-state index contributed by atoms with van der Waals surface area (Å²) in [5.74, 6) is 2.86. The first kappa shape index (κ1) is 15.3. The average molecular weight is 336 g/mol. The van der Waals surface area contributed by atoms with E-state index in [-0.39, 0.29) is 0 Å². The lowest BCUT2D eigenvalue weighted by atomic mass is 10.1. The Hall–Kier alpha value is -3.29. The molecule has 0 aliphatic heterocycles. The van der Waals surface area contributed by atoms with Gasteiger partial charge in [0.15, 0.2) is 23.0 Å². The number of oxazole rings is 1. The molecule has 0 amide bonds. The fourth-order valence-corrected chi connectivity index (χ4v) is 2.52. The number of aryl methyl sites for hydroxylation is 2. The number of fused-ring (bicyclic) bond motifs is 1. The zero-order chi connectivity index (χ0) is 17.2. The third kappa shape index (κ3) is 3.32. The summed E-state index contributed by atoms with van der Waals surface area (Å²) in [6.45, 7) is 3.94. The fraction of sp³-hybridized carbons (Fsp3) is 0.235. The lowest BCUT2D eigenvalue weighted by Gasteiger charge is -2.03. The molecule has 4 aromatic rings. The van der Waals surface area contributed by atoms with Gasteiger partial charge in [-0.05, 0) is 12.5 Å². The van der Waals surface area contributed by atoms with E-state index >= 15 is 0 Å². The Morgan fingerprint density at radius 1 is 1.00 bits per heavy atom. The highest BCUT2D eigenvalue weighted by Gasteiger charge is 2.13. The molecule has 0 aliphatic carbocycles. The van der Waals surface area contributed by atoms with Crippen molar-refractivity contribution < 1.29 is 8.94 Å². The number of anilines is 1. The number of nitrogens with zero attached hydrogens (tertiary/aromatic N) is 5. The van der Waals surface area contributed by atoms with Crippen molar-refractivity contribution in [1.82, 2.24) is 25.1 Å². The van der Waals surface area contributed by atoms with E-state index in [0.29, 0.717) is 53.4 Å². The van der Waals surface area contributed by atoms with Crippen molar-refractivity contribution in [2.45, 2.75) is 26.8 Å². The molecule has 1 N–H and O–H groups in total. The minimum Gasteiger partial charge on any atom is -0.422 e. The van der Waals surface area contributed by atoms with Crippen molar-refractivity contribution in [3.8, 4) is 0 Å². The van der Waals surface area contributed by atoms with Crippen LogP contribution in [0.2, 0.25) is 0 Å². The van der Waals surface area contributed by atoms with Crippen LogP contribution in [0.25, 0.3) is 11.2 Å². The number of hydrogen-bond donors (Lipinski definition) is 1. The van der Waals surface area contributed by atoms with Gasteiger partial charge in [0.25, 0.3) is 5.71 Å². The van der Waals surface area contributed by atoms with Crippen LogP contribution in [-0.4, -0.2) is 25.1 Å². The molecule has 0 saturated heterocycles. The van der Waals surface area contributed by atoms with Crippen LogP contribution in [0.4, 0.5) is 5.82 Å². The molecular formula is C17H16N6O2. The smallest absolute Gasteiger partial charge is 0.252 e. The van der Waals surface area contributed by atoms with Gasteiger partial charge in [0, 0.05) is 6.92 Å². The molecule has 0 spiro atoms. The van der Waals surface area contributed by atoms with Gasteiger partial charge in [-0.15, -0.1) is 0 Å². The van der Waals surface area contributed by atoms with Crippen molar-refractivity contribution in [1.29, 1.82) is 0 Å². The summed E-state index contributed by atoms with van der Waals surface area (Å²) < 4.78 is 10.8. The minimum absolute atomic E-state index is 0.371. The van der Waals surface area contributed by atoms with Gasteiger partial charge in [-0.2, -0.15) is 9.97 Å². The normalized spacial score (nSPS) is 11.1. The van der Waals surface area contributed by atoms with Crippen LogP contribution < -0.4 is 5.32 Å². The van der Waals surface area contributed by atoms with Gasteiger partial charge in [-0.1, -0.05) is 35.5 Å². The molecule has 126 valence electrons. The molecule has 0 unspecified atom stereocenters. The third-order valence-corrected chi connectivity index (χ3v) is 3.60. The van der Waals surface area contributed by atoms with Gasteiger partial charge in [0.2, 0.25) is 5.89 Å². The molecule has 8 nitrogen and oxygen atoms in total. The monoisotopic (exact) mass is 336 g/mol. The standard InChI is InChI=1S/C17H16N6O2/c1-10-19-16(15-17(20-10)24-11(2)21-15)18-9-13-22-14(25-23-13)8-12-6-4-3-5-7-12/h3-7H,8-9H2,1-2H3,(H,18,19,20). The van der Waals surface area contributed by atoms with Crippen LogP contribution in [0.1, 0.15) is 29.0 Å². The third-order valence-electron chi connectivity index (χ3n) is 3.60. The van der Waals surface area contributed by atoms with Crippen LogP contribution in [-0.2, 0) is 13.0 Å². The van der Waals surface area contributed by atoms with E-state index in [1.54, 1.807) is 13.8 Å². The first-order valence-electron chi connectivity index (χ1n) is 7.88. The quantitative estimate of drug-likeness (QED) is 0.593. The molecule has 3 heterocycles. The van der Waals surface area contributed by atoms with Gasteiger partial charge < -0.3 is 14.3 Å². The van der Waals surface area contributed by atoms with Crippen LogP contribution >= 0.6 is 0 Å². The number of rotatable bonds is 5. The van der Waals surface area contributed by atoms with E-state index in [2.05, 4.69) is 30.4 Å². The summed E-state index contributed by atoms with van der Waals surface area (Å²) in [7, 11) is 0. The van der Waals surface area contributed by atoms with E-state index in [4.69, 9.17) is 8.94 Å². The zero-order valence-corrected chi connectivity index (χ0v) is 13.9. The summed E-state index contributed by atoms with van der Waals surface area (Å²) in [6, 6.07) is 9.99. The number of aromatic nitrogens is 5. The maximum absolute atomic E-state index is 5.46. The summed E-state index contributed by atoms with van der Waals surface area (Å²) in [5, 5.41) is 7.18. The van der Waals surface area contributed by atoms with Crippen molar-refractivity contribution in [2.24, 2.45) is 0 Å². The highest BCUT2D eigenvalue weighted by atomic mass is 16.5. The summed E-state index contributed by atoms with van der Waals surface area (Å²) in [4.78, 5) is 17.3. The van der Waals surface area contributed by atoms with Crippen molar-refractivity contribution in [3.63, 3.8) is 0 Å². The highest BCUT2D eigenvalue weighted by Crippen LogP contribution is 2.20.